The lowest BCUT2D eigenvalue weighted by atomic mass is 9.70. The van der Waals surface area contributed by atoms with Crippen LogP contribution in [-0.4, -0.2) is 31.7 Å². The van der Waals surface area contributed by atoms with Crippen LogP contribution in [0, 0.1) is 30.6 Å². The highest BCUT2D eigenvalue weighted by atomic mass is 16.5. The number of hydrogen-bond donors (Lipinski definition) is 0. The standard InChI is InChI=1S/C20H28N4O2/c1-12-15(13(2)24-18(23-12)21-11-22-24)6-7-17(25)26-16-10-14-8-9-20(16,5)19(14,3)4/h11,14,16H,6-10H2,1-5H3/t14-,16+,20-/m1/s1. The fourth-order valence-electron chi connectivity index (χ4n) is 5.27. The molecule has 3 atom stereocenters. The van der Waals surface area contributed by atoms with Crippen LogP contribution < -0.4 is 0 Å². The topological polar surface area (TPSA) is 69.4 Å². The third kappa shape index (κ3) is 2.37. The van der Waals surface area contributed by atoms with Gasteiger partial charge in [0, 0.05) is 23.2 Å². The van der Waals surface area contributed by atoms with E-state index in [0.29, 0.717) is 24.5 Å². The van der Waals surface area contributed by atoms with Gasteiger partial charge in [0.05, 0.1) is 0 Å². The van der Waals surface area contributed by atoms with Crippen molar-refractivity contribution >= 4 is 11.7 Å². The minimum absolute atomic E-state index is 0.0573. The smallest absolute Gasteiger partial charge is 0.306 e. The summed E-state index contributed by atoms with van der Waals surface area (Å²) in [6.07, 6.45) is 6.00. The average molecular weight is 356 g/mol. The Morgan fingerprint density at radius 2 is 2.12 bits per heavy atom. The zero-order valence-corrected chi connectivity index (χ0v) is 16.4. The Morgan fingerprint density at radius 3 is 2.77 bits per heavy atom. The number of esters is 1. The first-order valence-corrected chi connectivity index (χ1v) is 9.59. The normalized spacial score (nSPS) is 29.4. The van der Waals surface area contributed by atoms with Gasteiger partial charge in [-0.1, -0.05) is 20.8 Å². The van der Waals surface area contributed by atoms with Crippen molar-refractivity contribution in [3.8, 4) is 0 Å². The molecule has 2 aromatic heterocycles. The van der Waals surface area contributed by atoms with Gasteiger partial charge in [-0.05, 0) is 56.4 Å². The summed E-state index contributed by atoms with van der Waals surface area (Å²) in [6, 6.07) is 0. The Labute approximate surface area is 154 Å². The van der Waals surface area contributed by atoms with Crippen LogP contribution in [0.15, 0.2) is 6.33 Å². The van der Waals surface area contributed by atoms with Crippen molar-refractivity contribution in [1.29, 1.82) is 0 Å². The molecule has 0 aromatic carbocycles. The molecular formula is C20H28N4O2. The van der Waals surface area contributed by atoms with Gasteiger partial charge in [-0.25, -0.2) is 9.50 Å². The lowest BCUT2D eigenvalue weighted by Gasteiger charge is -2.38. The molecule has 2 aliphatic carbocycles. The SMILES string of the molecule is Cc1nc2ncnn2c(C)c1CCC(=O)O[C@H]1C[C@H]2CC[C@@]1(C)C2(C)C. The highest BCUT2D eigenvalue weighted by Crippen LogP contribution is 2.66. The Hall–Kier alpha value is -1.98. The van der Waals surface area contributed by atoms with Crippen LogP contribution in [0.25, 0.3) is 5.78 Å². The van der Waals surface area contributed by atoms with Crippen molar-refractivity contribution in [1.82, 2.24) is 19.6 Å². The molecule has 2 fully saturated rings. The van der Waals surface area contributed by atoms with Crippen LogP contribution in [0.1, 0.15) is 63.4 Å². The second kappa shape index (κ2) is 5.76. The molecule has 0 radical (unpaired) electrons. The Kier molecular flexibility index (Phi) is 3.86. The molecule has 0 spiro atoms. The van der Waals surface area contributed by atoms with E-state index in [1.54, 1.807) is 4.52 Å². The van der Waals surface area contributed by atoms with Crippen LogP contribution in [0.2, 0.25) is 0 Å². The van der Waals surface area contributed by atoms with Gasteiger partial charge in [0.15, 0.2) is 0 Å². The van der Waals surface area contributed by atoms with E-state index in [9.17, 15) is 4.79 Å². The van der Waals surface area contributed by atoms with E-state index in [-0.39, 0.29) is 22.9 Å². The predicted octanol–water partition coefficient (Wildman–Crippen LogP) is 3.43. The quantitative estimate of drug-likeness (QED) is 0.785. The summed E-state index contributed by atoms with van der Waals surface area (Å²) in [6.45, 7) is 10.9. The number of carbonyl (C=O) groups excluding carboxylic acids is 1. The van der Waals surface area contributed by atoms with Crippen molar-refractivity contribution in [3.05, 3.63) is 23.3 Å². The number of ether oxygens (including phenoxy) is 1. The zero-order valence-electron chi connectivity index (χ0n) is 16.4. The number of aromatic nitrogens is 4. The summed E-state index contributed by atoms with van der Waals surface area (Å²) < 4.78 is 7.69. The van der Waals surface area contributed by atoms with Gasteiger partial charge in [-0.2, -0.15) is 10.1 Å². The van der Waals surface area contributed by atoms with E-state index in [1.807, 2.05) is 13.8 Å². The third-order valence-electron chi connectivity index (χ3n) is 7.56. The zero-order chi connectivity index (χ0) is 18.7. The highest BCUT2D eigenvalue weighted by molar-refractivity contribution is 5.70. The van der Waals surface area contributed by atoms with Gasteiger partial charge >= 0.3 is 5.97 Å². The number of aryl methyl sites for hydroxylation is 2. The van der Waals surface area contributed by atoms with Crippen molar-refractivity contribution in [2.24, 2.45) is 16.7 Å². The summed E-state index contributed by atoms with van der Waals surface area (Å²) >= 11 is 0. The molecule has 4 rings (SSSR count). The summed E-state index contributed by atoms with van der Waals surface area (Å²) in [5.74, 6) is 1.18. The lowest BCUT2D eigenvalue weighted by molar-refractivity contribution is -0.156. The second-order valence-electron chi connectivity index (χ2n) is 8.82. The fourth-order valence-corrected chi connectivity index (χ4v) is 5.27. The molecule has 0 N–H and O–H groups in total. The van der Waals surface area contributed by atoms with E-state index < -0.39 is 0 Å². The highest BCUT2D eigenvalue weighted by Gasteiger charge is 2.62. The van der Waals surface area contributed by atoms with Crippen molar-refractivity contribution < 1.29 is 9.53 Å². The van der Waals surface area contributed by atoms with Gasteiger partial charge in [0.2, 0.25) is 0 Å². The van der Waals surface area contributed by atoms with E-state index in [4.69, 9.17) is 4.74 Å². The monoisotopic (exact) mass is 356 g/mol. The van der Waals surface area contributed by atoms with E-state index in [1.165, 1.54) is 12.7 Å². The number of fused-ring (bicyclic) bond motifs is 3. The molecule has 0 saturated heterocycles. The molecule has 140 valence electrons. The van der Waals surface area contributed by atoms with E-state index >= 15 is 0 Å². The van der Waals surface area contributed by atoms with Gasteiger partial charge in [-0.3, -0.25) is 4.79 Å². The van der Waals surface area contributed by atoms with Crippen molar-refractivity contribution in [2.45, 2.75) is 72.8 Å². The molecule has 0 unspecified atom stereocenters. The Morgan fingerprint density at radius 1 is 1.35 bits per heavy atom. The van der Waals surface area contributed by atoms with E-state index in [0.717, 1.165) is 29.8 Å². The minimum Gasteiger partial charge on any atom is -0.462 e. The van der Waals surface area contributed by atoms with E-state index in [2.05, 4.69) is 35.8 Å². The minimum atomic E-state index is -0.0999. The first-order valence-electron chi connectivity index (χ1n) is 9.59. The van der Waals surface area contributed by atoms with Gasteiger partial charge < -0.3 is 4.74 Å². The first kappa shape index (κ1) is 17.4. The third-order valence-corrected chi connectivity index (χ3v) is 7.56. The molecule has 2 aliphatic rings. The molecule has 2 aromatic rings. The maximum atomic E-state index is 12.6. The molecule has 0 amide bonds. The Bertz CT molecular complexity index is 872. The van der Waals surface area contributed by atoms with Gasteiger partial charge in [-0.15, -0.1) is 0 Å². The second-order valence-corrected chi connectivity index (χ2v) is 8.82. The van der Waals surface area contributed by atoms with Crippen LogP contribution in [0.4, 0.5) is 0 Å². The molecule has 6 nitrogen and oxygen atoms in total. The number of hydrogen-bond acceptors (Lipinski definition) is 5. The first-order chi connectivity index (χ1) is 12.2. The van der Waals surface area contributed by atoms with Crippen LogP contribution in [0.5, 0.6) is 0 Å². The van der Waals surface area contributed by atoms with Crippen LogP contribution in [0.3, 0.4) is 0 Å². The molecule has 0 aliphatic heterocycles. The molecular weight excluding hydrogens is 328 g/mol. The molecule has 26 heavy (non-hydrogen) atoms. The summed E-state index contributed by atoms with van der Waals surface area (Å²) in [5.41, 5.74) is 3.32. The largest absolute Gasteiger partial charge is 0.462 e. The molecule has 6 heteroatoms. The van der Waals surface area contributed by atoms with Crippen molar-refractivity contribution in [2.75, 3.05) is 0 Å². The molecule has 2 saturated carbocycles. The average Bonchev–Trinajstić information content (AvgIpc) is 3.17. The summed E-state index contributed by atoms with van der Waals surface area (Å²) in [4.78, 5) is 21.2. The number of carbonyl (C=O) groups is 1. The maximum Gasteiger partial charge on any atom is 0.306 e. The maximum absolute atomic E-state index is 12.6. The summed E-state index contributed by atoms with van der Waals surface area (Å²) in [5, 5.41) is 4.21. The van der Waals surface area contributed by atoms with Crippen LogP contribution >= 0.6 is 0 Å². The molecule has 2 bridgehead atoms. The van der Waals surface area contributed by atoms with Crippen LogP contribution in [-0.2, 0) is 16.0 Å². The lowest BCUT2D eigenvalue weighted by Crippen LogP contribution is -2.38. The Balaban J connectivity index is 1.44. The molecule has 2 heterocycles. The predicted molar refractivity (Wildman–Crippen MR) is 97.7 cm³/mol. The number of rotatable bonds is 4. The number of nitrogens with zero attached hydrogens (tertiary/aromatic N) is 4. The van der Waals surface area contributed by atoms with Gasteiger partial charge in [0.1, 0.15) is 12.4 Å². The van der Waals surface area contributed by atoms with Gasteiger partial charge in [0.25, 0.3) is 5.78 Å². The summed E-state index contributed by atoms with van der Waals surface area (Å²) in [7, 11) is 0. The fraction of sp³-hybridized carbons (Fsp3) is 0.700. The van der Waals surface area contributed by atoms with Crippen molar-refractivity contribution in [3.63, 3.8) is 0 Å².